The number of halogens is 1. The van der Waals surface area contributed by atoms with E-state index in [9.17, 15) is 33.2 Å². The highest BCUT2D eigenvalue weighted by atomic mass is 31.2. The maximum Gasteiger partial charge on any atom is 0.472 e. The minimum absolute atomic E-state index is 0.0633. The molecule has 3 aromatic rings. The minimum atomic E-state index is -4.89. The Balaban J connectivity index is 1.25. The molecule has 2 amide bonds. The maximum atomic E-state index is 15.0. The molecule has 0 unspecified atom stereocenters. The molecule has 18 nitrogen and oxygen atoms in total. The van der Waals surface area contributed by atoms with E-state index in [0.717, 1.165) is 12.3 Å². The van der Waals surface area contributed by atoms with E-state index in [2.05, 4.69) is 30.1 Å². The summed E-state index contributed by atoms with van der Waals surface area (Å²) in [6.07, 6.45) is 3.80. The molecule has 5 N–H and O–H groups in total. The number of nitrogens with one attached hydrogen (secondary N) is 2. The van der Waals surface area contributed by atoms with Crippen molar-refractivity contribution in [3.8, 4) is 5.88 Å². The predicted molar refractivity (Wildman–Crippen MR) is 154 cm³/mol. The second-order valence-corrected chi connectivity index (χ2v) is 12.0. The number of pyridine rings is 2. The number of nitrogens with zero attached hydrogens (tertiary/aromatic N) is 5. The van der Waals surface area contributed by atoms with Crippen LogP contribution in [0.1, 0.15) is 41.7 Å². The van der Waals surface area contributed by atoms with E-state index >= 15 is 0 Å². The Hall–Kier alpha value is -4.71. The zero-order valence-corrected chi connectivity index (χ0v) is 25.1. The van der Waals surface area contributed by atoms with Crippen LogP contribution >= 0.6 is 7.82 Å². The summed E-state index contributed by atoms with van der Waals surface area (Å²) < 4.78 is 41.7. The summed E-state index contributed by atoms with van der Waals surface area (Å²) in [6.45, 7) is -1.19. The Morgan fingerprint density at radius 1 is 1.24 bits per heavy atom. The number of ether oxygens (including phenoxy) is 2. The third-order valence-corrected chi connectivity index (χ3v) is 7.84. The smallest absolute Gasteiger partial charge is 0.472 e. The first kappa shape index (κ1) is 32.7. The lowest BCUT2D eigenvalue weighted by atomic mass is 9.85. The van der Waals surface area contributed by atoms with Crippen molar-refractivity contribution in [1.82, 2.24) is 24.4 Å². The van der Waals surface area contributed by atoms with Gasteiger partial charge in [0.15, 0.2) is 24.1 Å². The van der Waals surface area contributed by atoms with E-state index in [1.165, 1.54) is 22.7 Å². The lowest BCUT2D eigenvalue weighted by Crippen LogP contribution is -2.38. The fourth-order valence-corrected chi connectivity index (χ4v) is 5.43. The topological polar surface area (TPSA) is 245 Å². The SMILES string of the molecule is Cn1cc(C(=O)O)c(=O)c2cc(F)c(NC3CCC(CN(Cc4cnc5c(n4)NC(=O)CO5)C(=O)OCOP(=O)(O)O)CC3)nc21. The van der Waals surface area contributed by atoms with Gasteiger partial charge in [-0.1, -0.05) is 0 Å². The number of phosphoric ester groups is 1. The number of rotatable bonds is 10. The molecule has 1 aliphatic carbocycles. The molecule has 1 fully saturated rings. The van der Waals surface area contributed by atoms with Crippen LogP contribution in [-0.4, -0.2) is 83.3 Å². The van der Waals surface area contributed by atoms with Gasteiger partial charge in [-0.2, -0.15) is 0 Å². The maximum absolute atomic E-state index is 15.0. The molecule has 3 aromatic heterocycles. The summed E-state index contributed by atoms with van der Waals surface area (Å²) in [5.74, 6) is -2.63. The molecule has 5 rings (SSSR count). The lowest BCUT2D eigenvalue weighted by Gasteiger charge is -2.33. The summed E-state index contributed by atoms with van der Waals surface area (Å²) in [4.78, 5) is 80.2. The summed E-state index contributed by atoms with van der Waals surface area (Å²) in [5.41, 5.74) is -0.951. The van der Waals surface area contributed by atoms with E-state index in [0.29, 0.717) is 25.7 Å². The number of carbonyl (C=O) groups excluding carboxylic acids is 2. The molecule has 0 saturated heterocycles. The number of carbonyl (C=O) groups is 3. The highest BCUT2D eigenvalue weighted by Gasteiger charge is 2.29. The van der Waals surface area contributed by atoms with Crippen molar-refractivity contribution in [2.24, 2.45) is 13.0 Å². The number of hydrogen-bond acceptors (Lipinski definition) is 12. The van der Waals surface area contributed by atoms with Crippen LogP contribution in [0.2, 0.25) is 0 Å². The normalized spacial score (nSPS) is 17.9. The standard InChI is InChI=1S/C26H29FN7O11P/c1-33-10-17(25(37)38)20(36)16-6-18(27)21(32-23(16)33)29-14-4-2-13(3-5-14)8-34(26(39)44-12-45-46(40,41)42)9-15-7-28-24-22(30-15)31-19(35)11-43-24/h6-7,10,13-14H,2-5,8-9,11-12H2,1H3,(H,29,32)(H,37,38)(H,30,31,35)(H2,40,41,42). The quantitative estimate of drug-likeness (QED) is 0.152. The van der Waals surface area contributed by atoms with E-state index in [1.54, 1.807) is 0 Å². The summed E-state index contributed by atoms with van der Waals surface area (Å²) in [6, 6.07) is 0.754. The number of hydrogen-bond donors (Lipinski definition) is 5. The lowest BCUT2D eigenvalue weighted by molar-refractivity contribution is -0.118. The van der Waals surface area contributed by atoms with Gasteiger partial charge in [-0.25, -0.2) is 38.0 Å². The van der Waals surface area contributed by atoms with Crippen molar-refractivity contribution >= 4 is 48.5 Å². The van der Waals surface area contributed by atoms with E-state index < -0.39 is 49.4 Å². The number of amides is 2. The third-order valence-electron chi connectivity index (χ3n) is 7.40. The summed E-state index contributed by atoms with van der Waals surface area (Å²) in [7, 11) is -3.39. The number of aryl methyl sites for hydroxylation is 1. The summed E-state index contributed by atoms with van der Waals surface area (Å²) >= 11 is 0. The van der Waals surface area contributed by atoms with E-state index in [1.807, 2.05) is 0 Å². The molecular weight excluding hydrogens is 636 g/mol. The first-order valence-electron chi connectivity index (χ1n) is 13.9. The zero-order chi connectivity index (χ0) is 33.2. The van der Waals surface area contributed by atoms with Crippen LogP contribution in [-0.2, 0) is 32.2 Å². The van der Waals surface area contributed by atoms with Crippen molar-refractivity contribution in [1.29, 1.82) is 0 Å². The Bertz CT molecular complexity index is 1790. The molecule has 0 spiro atoms. The Morgan fingerprint density at radius 2 is 1.98 bits per heavy atom. The van der Waals surface area contributed by atoms with Crippen LogP contribution in [0.25, 0.3) is 11.0 Å². The number of phosphoric acid groups is 1. The molecule has 0 atom stereocenters. The number of aromatic nitrogens is 4. The molecule has 0 aromatic carbocycles. The molecule has 0 bridgehead atoms. The highest BCUT2D eigenvalue weighted by molar-refractivity contribution is 7.46. The molecule has 20 heteroatoms. The highest BCUT2D eigenvalue weighted by Crippen LogP contribution is 2.35. The molecule has 1 saturated carbocycles. The van der Waals surface area contributed by atoms with Gasteiger partial charge in [0, 0.05) is 25.8 Å². The van der Waals surface area contributed by atoms with Crippen LogP contribution in [0.4, 0.5) is 20.8 Å². The number of fused-ring (bicyclic) bond motifs is 2. The van der Waals surface area contributed by atoms with Gasteiger partial charge in [0.1, 0.15) is 11.2 Å². The van der Waals surface area contributed by atoms with Crippen LogP contribution < -0.4 is 20.8 Å². The first-order valence-corrected chi connectivity index (χ1v) is 15.4. The van der Waals surface area contributed by atoms with Gasteiger partial charge in [0.2, 0.25) is 12.2 Å². The Morgan fingerprint density at radius 3 is 2.67 bits per heavy atom. The van der Waals surface area contributed by atoms with Gasteiger partial charge in [0.05, 0.1) is 23.8 Å². The monoisotopic (exact) mass is 665 g/mol. The van der Waals surface area contributed by atoms with Crippen LogP contribution in [0.3, 0.4) is 0 Å². The van der Waals surface area contributed by atoms with Gasteiger partial charge in [-0.15, -0.1) is 0 Å². The fraction of sp³-hybridized carbons (Fsp3) is 0.423. The van der Waals surface area contributed by atoms with Gasteiger partial charge < -0.3 is 44.5 Å². The average Bonchev–Trinajstić information content (AvgIpc) is 2.99. The minimum Gasteiger partial charge on any atom is -0.477 e. The van der Waals surface area contributed by atoms with Crippen molar-refractivity contribution in [3.63, 3.8) is 0 Å². The number of carboxylic acids is 1. The van der Waals surface area contributed by atoms with Gasteiger partial charge in [-0.05, 0) is 37.7 Å². The number of aromatic carboxylic acids is 1. The molecule has 1 aliphatic heterocycles. The van der Waals surface area contributed by atoms with E-state index in [-0.39, 0.29) is 65.9 Å². The fourth-order valence-electron chi connectivity index (χ4n) is 5.24. The average molecular weight is 666 g/mol. The number of carboxylic acid groups (broad SMARTS) is 1. The second-order valence-electron chi connectivity index (χ2n) is 10.7. The molecule has 246 valence electrons. The Kier molecular flexibility index (Phi) is 9.47. The molecule has 2 aliphatic rings. The molecule has 46 heavy (non-hydrogen) atoms. The van der Waals surface area contributed by atoms with Crippen molar-refractivity contribution in [2.75, 3.05) is 30.6 Å². The van der Waals surface area contributed by atoms with Crippen molar-refractivity contribution in [2.45, 2.75) is 38.3 Å². The molecular formula is C26H29FN7O11P. The van der Waals surface area contributed by atoms with Crippen LogP contribution in [0.15, 0.2) is 23.3 Å². The van der Waals surface area contributed by atoms with E-state index in [4.69, 9.17) is 19.3 Å². The second kappa shape index (κ2) is 13.3. The predicted octanol–water partition coefficient (Wildman–Crippen LogP) is 1.57. The third kappa shape index (κ3) is 7.74. The van der Waals surface area contributed by atoms with Gasteiger partial charge in [-0.3, -0.25) is 9.59 Å². The first-order chi connectivity index (χ1) is 21.8. The van der Waals surface area contributed by atoms with Gasteiger partial charge >= 0.3 is 19.9 Å². The van der Waals surface area contributed by atoms with Crippen LogP contribution in [0.5, 0.6) is 5.88 Å². The largest absolute Gasteiger partial charge is 0.477 e. The number of anilines is 2. The van der Waals surface area contributed by atoms with Gasteiger partial charge in [0.25, 0.3) is 11.8 Å². The zero-order valence-electron chi connectivity index (χ0n) is 24.2. The Labute approximate surface area is 258 Å². The van der Waals surface area contributed by atoms with Crippen molar-refractivity contribution in [3.05, 3.63) is 45.8 Å². The van der Waals surface area contributed by atoms with Crippen molar-refractivity contribution < 1.29 is 52.2 Å². The summed E-state index contributed by atoms with van der Waals surface area (Å²) in [5, 5.41) is 14.7. The molecule has 4 heterocycles. The van der Waals surface area contributed by atoms with Crippen LogP contribution in [0, 0.1) is 11.7 Å². The molecule has 0 radical (unpaired) electrons.